The van der Waals surface area contributed by atoms with Gasteiger partial charge in [0.15, 0.2) is 5.82 Å². The van der Waals surface area contributed by atoms with Crippen molar-refractivity contribution in [2.75, 3.05) is 31.1 Å². The number of pyridine rings is 1. The van der Waals surface area contributed by atoms with Gasteiger partial charge in [-0.1, -0.05) is 6.07 Å². The van der Waals surface area contributed by atoms with Crippen molar-refractivity contribution in [2.45, 2.75) is 39.2 Å². The van der Waals surface area contributed by atoms with Crippen molar-refractivity contribution in [3.8, 4) is 0 Å². The van der Waals surface area contributed by atoms with Crippen molar-refractivity contribution in [3.63, 3.8) is 0 Å². The number of nitrogens with zero attached hydrogens (tertiary/aromatic N) is 5. The fourth-order valence-corrected chi connectivity index (χ4v) is 5.19. The van der Waals surface area contributed by atoms with Crippen molar-refractivity contribution in [3.05, 3.63) is 48.2 Å². The van der Waals surface area contributed by atoms with Crippen LogP contribution in [0.5, 0.6) is 0 Å². The van der Waals surface area contributed by atoms with Crippen LogP contribution in [0.2, 0.25) is 0 Å². The highest BCUT2D eigenvalue weighted by molar-refractivity contribution is 5.86. The summed E-state index contributed by atoms with van der Waals surface area (Å²) >= 11 is 0. The molecule has 2 aliphatic rings. The summed E-state index contributed by atoms with van der Waals surface area (Å²) in [5.74, 6) is 3.67. The molecule has 0 aromatic carbocycles. The van der Waals surface area contributed by atoms with Crippen LogP contribution in [0.4, 0.5) is 5.82 Å². The van der Waals surface area contributed by atoms with Gasteiger partial charge >= 0.3 is 0 Å². The van der Waals surface area contributed by atoms with Crippen LogP contribution in [0, 0.1) is 18.8 Å². The maximum atomic E-state index is 4.76. The zero-order chi connectivity index (χ0) is 19.6. The summed E-state index contributed by atoms with van der Waals surface area (Å²) in [5, 5.41) is 0. The first-order valence-corrected chi connectivity index (χ1v) is 10.9. The Balaban J connectivity index is 1.16. The first kappa shape index (κ1) is 18.6. The van der Waals surface area contributed by atoms with Gasteiger partial charge in [0.2, 0.25) is 0 Å². The summed E-state index contributed by atoms with van der Waals surface area (Å²) in [4.78, 5) is 21.9. The minimum absolute atomic E-state index is 0.855. The third kappa shape index (κ3) is 3.99. The summed E-state index contributed by atoms with van der Waals surface area (Å²) in [6.07, 6.45) is 11.0. The number of nitrogens with one attached hydrogen (secondary N) is 1. The second kappa shape index (κ2) is 8.11. The fourth-order valence-electron chi connectivity index (χ4n) is 5.19. The first-order chi connectivity index (χ1) is 14.3. The predicted octanol–water partition coefficient (Wildman–Crippen LogP) is 3.79. The summed E-state index contributed by atoms with van der Waals surface area (Å²) < 4.78 is 0. The SMILES string of the molecule is Cc1nc(N2CCC(C3CCN(Cc4cccnc4)CC3)CC2)c2[nH]ccc2n1. The van der Waals surface area contributed by atoms with Gasteiger partial charge in [-0.15, -0.1) is 0 Å². The second-order valence-electron chi connectivity index (χ2n) is 8.63. The number of hydrogen-bond donors (Lipinski definition) is 1. The number of rotatable bonds is 4. The minimum atomic E-state index is 0.855. The average Bonchev–Trinajstić information content (AvgIpc) is 3.23. The molecule has 2 aliphatic heterocycles. The Kier molecular flexibility index (Phi) is 5.19. The predicted molar refractivity (Wildman–Crippen MR) is 116 cm³/mol. The summed E-state index contributed by atoms with van der Waals surface area (Å²) in [7, 11) is 0. The van der Waals surface area contributed by atoms with Crippen LogP contribution < -0.4 is 4.90 Å². The number of likely N-dealkylation sites (tertiary alicyclic amines) is 1. The highest BCUT2D eigenvalue weighted by Crippen LogP contribution is 2.35. The molecule has 0 radical (unpaired) electrons. The zero-order valence-corrected chi connectivity index (χ0v) is 17.2. The monoisotopic (exact) mass is 390 g/mol. The Morgan fingerprint density at radius 2 is 1.76 bits per heavy atom. The lowest BCUT2D eigenvalue weighted by Gasteiger charge is -2.40. The lowest BCUT2D eigenvalue weighted by Crippen LogP contribution is -2.41. The largest absolute Gasteiger partial charge is 0.357 e. The van der Waals surface area contributed by atoms with Gasteiger partial charge in [0.05, 0.1) is 5.52 Å². The molecule has 0 unspecified atom stereocenters. The average molecular weight is 391 g/mol. The number of H-pyrrole nitrogens is 1. The molecule has 3 aromatic heterocycles. The van der Waals surface area contributed by atoms with Crippen LogP contribution in [-0.4, -0.2) is 51.0 Å². The van der Waals surface area contributed by atoms with Crippen LogP contribution >= 0.6 is 0 Å². The van der Waals surface area contributed by atoms with E-state index in [1.54, 1.807) is 0 Å². The highest BCUT2D eigenvalue weighted by Gasteiger charge is 2.30. The lowest BCUT2D eigenvalue weighted by atomic mass is 9.78. The molecule has 6 heteroatoms. The Hall–Kier alpha value is -2.47. The first-order valence-electron chi connectivity index (χ1n) is 10.9. The standard InChI is InChI=1S/C23H30N6/c1-17-26-21-4-10-25-22(21)23(27-17)29-13-7-20(8-14-29)19-5-11-28(12-6-19)16-18-3-2-9-24-15-18/h2-4,9-10,15,19-20,25H,5-8,11-14,16H2,1H3. The minimum Gasteiger partial charge on any atom is -0.357 e. The van der Waals surface area contributed by atoms with Crippen LogP contribution in [0.15, 0.2) is 36.8 Å². The van der Waals surface area contributed by atoms with Gasteiger partial charge in [0.1, 0.15) is 11.3 Å². The Labute approximate surface area is 172 Å². The molecule has 5 heterocycles. The van der Waals surface area contributed by atoms with E-state index in [0.717, 1.165) is 54.1 Å². The van der Waals surface area contributed by atoms with E-state index < -0.39 is 0 Å². The van der Waals surface area contributed by atoms with E-state index in [1.807, 2.05) is 37.6 Å². The Morgan fingerprint density at radius 1 is 1.00 bits per heavy atom. The van der Waals surface area contributed by atoms with Crippen molar-refractivity contribution < 1.29 is 0 Å². The molecule has 29 heavy (non-hydrogen) atoms. The number of anilines is 1. The van der Waals surface area contributed by atoms with Gasteiger partial charge in [-0.05, 0) is 75.2 Å². The van der Waals surface area contributed by atoms with E-state index in [-0.39, 0.29) is 0 Å². The normalized spacial score (nSPS) is 19.8. The van der Waals surface area contributed by atoms with E-state index in [1.165, 1.54) is 44.3 Å². The van der Waals surface area contributed by atoms with E-state index in [9.17, 15) is 0 Å². The summed E-state index contributed by atoms with van der Waals surface area (Å²) in [6, 6.07) is 6.26. The number of aromatic nitrogens is 4. The summed E-state index contributed by atoms with van der Waals surface area (Å²) in [5.41, 5.74) is 3.43. The molecule has 3 aromatic rings. The molecule has 0 atom stereocenters. The van der Waals surface area contributed by atoms with E-state index in [4.69, 9.17) is 4.98 Å². The molecule has 1 N–H and O–H groups in total. The molecule has 0 bridgehead atoms. The van der Waals surface area contributed by atoms with Gasteiger partial charge < -0.3 is 9.88 Å². The number of aromatic amines is 1. The molecular formula is C23H30N6. The molecule has 6 nitrogen and oxygen atoms in total. The van der Waals surface area contributed by atoms with Gasteiger partial charge in [0, 0.05) is 38.2 Å². The number of hydrogen-bond acceptors (Lipinski definition) is 5. The number of piperidine rings is 2. The molecule has 2 saturated heterocycles. The van der Waals surface area contributed by atoms with Crippen molar-refractivity contribution >= 4 is 16.9 Å². The maximum Gasteiger partial charge on any atom is 0.156 e. The van der Waals surface area contributed by atoms with Crippen molar-refractivity contribution in [2.24, 2.45) is 11.8 Å². The summed E-state index contributed by atoms with van der Waals surface area (Å²) in [6.45, 7) is 7.67. The molecule has 0 aliphatic carbocycles. The van der Waals surface area contributed by atoms with Crippen LogP contribution in [0.3, 0.4) is 0 Å². The number of aryl methyl sites for hydroxylation is 1. The van der Waals surface area contributed by atoms with Crippen LogP contribution in [-0.2, 0) is 6.54 Å². The molecule has 2 fully saturated rings. The van der Waals surface area contributed by atoms with Gasteiger partial charge in [0.25, 0.3) is 0 Å². The van der Waals surface area contributed by atoms with E-state index in [0.29, 0.717) is 0 Å². The molecular weight excluding hydrogens is 360 g/mol. The zero-order valence-electron chi connectivity index (χ0n) is 17.2. The molecule has 152 valence electrons. The van der Waals surface area contributed by atoms with Crippen molar-refractivity contribution in [1.82, 2.24) is 24.8 Å². The molecule has 5 rings (SSSR count). The van der Waals surface area contributed by atoms with Crippen molar-refractivity contribution in [1.29, 1.82) is 0 Å². The van der Waals surface area contributed by atoms with Gasteiger partial charge in [-0.2, -0.15) is 0 Å². The molecule has 0 amide bonds. The van der Waals surface area contributed by atoms with E-state index >= 15 is 0 Å². The lowest BCUT2D eigenvalue weighted by molar-refractivity contribution is 0.129. The molecule has 0 spiro atoms. The maximum absolute atomic E-state index is 4.76. The van der Waals surface area contributed by atoms with Crippen LogP contribution in [0.1, 0.15) is 37.1 Å². The quantitative estimate of drug-likeness (QED) is 0.734. The number of fused-ring (bicyclic) bond motifs is 1. The Bertz CT molecular complexity index is 936. The van der Waals surface area contributed by atoms with E-state index in [2.05, 4.69) is 30.8 Å². The van der Waals surface area contributed by atoms with Crippen LogP contribution in [0.25, 0.3) is 11.0 Å². The molecule has 0 saturated carbocycles. The Morgan fingerprint density at radius 3 is 2.48 bits per heavy atom. The fraction of sp³-hybridized carbons (Fsp3) is 0.522. The third-order valence-electron chi connectivity index (χ3n) is 6.77. The highest BCUT2D eigenvalue weighted by atomic mass is 15.2. The smallest absolute Gasteiger partial charge is 0.156 e. The van der Waals surface area contributed by atoms with Gasteiger partial charge in [-0.3, -0.25) is 9.88 Å². The second-order valence-corrected chi connectivity index (χ2v) is 8.63. The topological polar surface area (TPSA) is 60.9 Å². The third-order valence-corrected chi connectivity index (χ3v) is 6.77. The van der Waals surface area contributed by atoms with Gasteiger partial charge in [-0.25, -0.2) is 9.97 Å².